The molecule has 0 amide bonds. The molecule has 1 aromatic rings. The molecule has 0 saturated carbocycles. The van der Waals surface area contributed by atoms with Crippen LogP contribution in [0.5, 0.6) is 0 Å². The van der Waals surface area contributed by atoms with Crippen LogP contribution in [0.2, 0.25) is 0 Å². The van der Waals surface area contributed by atoms with Gasteiger partial charge in [-0.15, -0.1) is 0 Å². The molecule has 2 rings (SSSR count). The van der Waals surface area contributed by atoms with Gasteiger partial charge >= 0.3 is 5.97 Å². The number of carbonyl (C=O) groups is 1. The maximum Gasteiger partial charge on any atom is 0.342 e. The van der Waals surface area contributed by atoms with Crippen LogP contribution in [0.4, 0.5) is 11.4 Å². The van der Waals surface area contributed by atoms with E-state index >= 15 is 0 Å². The molecule has 0 bridgehead atoms. The van der Waals surface area contributed by atoms with Crippen molar-refractivity contribution in [2.75, 3.05) is 18.0 Å². The maximum atomic E-state index is 11.2. The van der Waals surface area contributed by atoms with E-state index in [0.29, 0.717) is 0 Å². The van der Waals surface area contributed by atoms with E-state index in [1.807, 2.05) is 0 Å². The summed E-state index contributed by atoms with van der Waals surface area (Å²) in [5.74, 6) is -1.26. The van der Waals surface area contributed by atoms with E-state index < -0.39 is 10.9 Å². The summed E-state index contributed by atoms with van der Waals surface area (Å²) in [7, 11) is 0. The minimum absolute atomic E-state index is 0.241. The molecule has 0 spiro atoms. The highest BCUT2D eigenvalue weighted by atomic mass is 16.6. The Balaban J connectivity index is 2.29. The summed E-state index contributed by atoms with van der Waals surface area (Å²) >= 11 is 0. The van der Waals surface area contributed by atoms with Gasteiger partial charge in [0.15, 0.2) is 0 Å². The lowest BCUT2D eigenvalue weighted by Crippen LogP contribution is -2.27. The van der Waals surface area contributed by atoms with Gasteiger partial charge in [0.1, 0.15) is 5.56 Å². The Hall–Kier alpha value is -2.11. The van der Waals surface area contributed by atoms with Crippen molar-refractivity contribution in [1.82, 2.24) is 0 Å². The summed E-state index contributed by atoms with van der Waals surface area (Å²) in [6.07, 6.45) is 5.73. The Morgan fingerprint density at radius 3 is 2.30 bits per heavy atom. The average Bonchev–Trinajstić information content (AvgIpc) is 2.37. The summed E-state index contributed by atoms with van der Waals surface area (Å²) < 4.78 is 0. The van der Waals surface area contributed by atoms with Crippen molar-refractivity contribution in [2.45, 2.75) is 32.1 Å². The highest BCUT2D eigenvalue weighted by molar-refractivity contribution is 5.93. The molecule has 0 unspecified atom stereocenters. The fraction of sp³-hybridized carbons (Fsp3) is 0.500. The van der Waals surface area contributed by atoms with Crippen molar-refractivity contribution in [1.29, 1.82) is 0 Å². The summed E-state index contributed by atoms with van der Waals surface area (Å²) in [5, 5.41) is 20.0. The third-order valence-electron chi connectivity index (χ3n) is 3.63. The third-order valence-corrected chi connectivity index (χ3v) is 3.63. The van der Waals surface area contributed by atoms with E-state index in [4.69, 9.17) is 5.11 Å². The Kier molecular flexibility index (Phi) is 4.55. The Bertz CT molecular complexity index is 508. The summed E-state index contributed by atoms with van der Waals surface area (Å²) in [6, 6.07) is 4.35. The highest BCUT2D eigenvalue weighted by Crippen LogP contribution is 2.26. The number of carboxylic acid groups (broad SMARTS) is 1. The molecule has 1 aliphatic rings. The molecule has 0 aliphatic carbocycles. The van der Waals surface area contributed by atoms with Crippen LogP contribution in [-0.4, -0.2) is 29.1 Å². The van der Waals surface area contributed by atoms with Crippen LogP contribution in [0.3, 0.4) is 0 Å². The lowest BCUT2D eigenvalue weighted by atomic mass is 10.1. The Morgan fingerprint density at radius 2 is 1.75 bits per heavy atom. The van der Waals surface area contributed by atoms with Gasteiger partial charge in [-0.1, -0.05) is 19.3 Å². The zero-order valence-electron chi connectivity index (χ0n) is 11.2. The van der Waals surface area contributed by atoms with Crippen LogP contribution >= 0.6 is 0 Å². The fourth-order valence-corrected chi connectivity index (χ4v) is 2.56. The van der Waals surface area contributed by atoms with Crippen LogP contribution in [0, 0.1) is 10.1 Å². The summed E-state index contributed by atoms with van der Waals surface area (Å²) in [4.78, 5) is 23.5. The molecule has 1 N–H and O–H groups in total. The second-order valence-corrected chi connectivity index (χ2v) is 5.02. The second kappa shape index (κ2) is 6.36. The quantitative estimate of drug-likeness (QED) is 0.678. The second-order valence-electron chi connectivity index (χ2n) is 5.02. The van der Waals surface area contributed by atoms with E-state index in [0.717, 1.165) is 31.6 Å². The van der Waals surface area contributed by atoms with Crippen molar-refractivity contribution >= 4 is 17.3 Å². The van der Waals surface area contributed by atoms with E-state index in [1.165, 1.54) is 31.4 Å². The van der Waals surface area contributed by atoms with Gasteiger partial charge in [-0.3, -0.25) is 10.1 Å². The summed E-state index contributed by atoms with van der Waals surface area (Å²) in [6.45, 7) is 1.74. The van der Waals surface area contributed by atoms with Crippen LogP contribution in [0.25, 0.3) is 0 Å². The molecule has 6 nitrogen and oxygen atoms in total. The van der Waals surface area contributed by atoms with E-state index in [9.17, 15) is 14.9 Å². The van der Waals surface area contributed by atoms with Crippen molar-refractivity contribution in [2.24, 2.45) is 0 Å². The molecule has 1 aromatic carbocycles. The maximum absolute atomic E-state index is 11.2. The van der Waals surface area contributed by atoms with Crippen LogP contribution < -0.4 is 4.90 Å². The first-order valence-corrected chi connectivity index (χ1v) is 6.86. The first kappa shape index (κ1) is 14.3. The van der Waals surface area contributed by atoms with Gasteiger partial charge < -0.3 is 10.0 Å². The van der Waals surface area contributed by atoms with Gasteiger partial charge in [-0.25, -0.2) is 4.79 Å². The Labute approximate surface area is 117 Å². The molecule has 108 valence electrons. The molecule has 1 fully saturated rings. The Morgan fingerprint density at radius 1 is 1.15 bits per heavy atom. The molecule has 0 radical (unpaired) electrons. The number of hydrogen-bond acceptors (Lipinski definition) is 4. The molecule has 6 heteroatoms. The van der Waals surface area contributed by atoms with Crippen LogP contribution in [0.1, 0.15) is 42.5 Å². The molecule has 0 atom stereocenters. The van der Waals surface area contributed by atoms with Gasteiger partial charge in [0.25, 0.3) is 5.69 Å². The van der Waals surface area contributed by atoms with Gasteiger partial charge in [0, 0.05) is 24.8 Å². The van der Waals surface area contributed by atoms with E-state index in [-0.39, 0.29) is 11.3 Å². The van der Waals surface area contributed by atoms with Gasteiger partial charge in [0.05, 0.1) is 4.92 Å². The standard InChI is InChI=1S/C14H18N2O4/c17-14(18)12-10-11(6-7-13(12)16(19)20)15-8-4-2-1-3-5-9-15/h6-7,10H,1-5,8-9H2,(H,17,18). The lowest BCUT2D eigenvalue weighted by Gasteiger charge is -2.27. The van der Waals surface area contributed by atoms with Gasteiger partial charge in [-0.2, -0.15) is 0 Å². The molecule has 20 heavy (non-hydrogen) atoms. The number of rotatable bonds is 3. The minimum Gasteiger partial charge on any atom is -0.477 e. The van der Waals surface area contributed by atoms with E-state index in [1.54, 1.807) is 6.07 Å². The zero-order valence-corrected chi connectivity index (χ0v) is 11.2. The number of anilines is 1. The fourth-order valence-electron chi connectivity index (χ4n) is 2.56. The number of nitrogens with zero attached hydrogens (tertiary/aromatic N) is 2. The van der Waals surface area contributed by atoms with Crippen molar-refractivity contribution in [3.63, 3.8) is 0 Å². The molecule has 1 heterocycles. The predicted molar refractivity (Wildman–Crippen MR) is 75.4 cm³/mol. The van der Waals surface area contributed by atoms with Crippen LogP contribution in [0.15, 0.2) is 18.2 Å². The first-order valence-electron chi connectivity index (χ1n) is 6.86. The van der Waals surface area contributed by atoms with E-state index in [2.05, 4.69) is 4.90 Å². The van der Waals surface area contributed by atoms with Crippen molar-refractivity contribution in [3.05, 3.63) is 33.9 Å². The number of nitro benzene ring substituents is 1. The normalized spacial score (nSPS) is 16.3. The largest absolute Gasteiger partial charge is 0.477 e. The number of nitro groups is 1. The minimum atomic E-state index is -1.26. The number of aromatic carboxylic acids is 1. The number of carboxylic acids is 1. The number of hydrogen-bond donors (Lipinski definition) is 1. The summed E-state index contributed by atoms with van der Waals surface area (Å²) in [5.41, 5.74) is 0.165. The molecule has 1 aliphatic heterocycles. The van der Waals surface area contributed by atoms with Crippen LogP contribution in [-0.2, 0) is 0 Å². The topological polar surface area (TPSA) is 83.7 Å². The van der Waals surface area contributed by atoms with Crippen molar-refractivity contribution < 1.29 is 14.8 Å². The smallest absolute Gasteiger partial charge is 0.342 e. The SMILES string of the molecule is O=C(O)c1cc(N2CCCCCCC2)ccc1[N+](=O)[O-]. The highest BCUT2D eigenvalue weighted by Gasteiger charge is 2.21. The molecule has 1 saturated heterocycles. The molecular formula is C14H18N2O4. The molecule has 0 aromatic heterocycles. The number of benzene rings is 1. The predicted octanol–water partition coefficient (Wildman–Crippen LogP) is 3.06. The molecular weight excluding hydrogens is 260 g/mol. The van der Waals surface area contributed by atoms with Crippen molar-refractivity contribution in [3.8, 4) is 0 Å². The lowest BCUT2D eigenvalue weighted by molar-refractivity contribution is -0.385. The zero-order chi connectivity index (χ0) is 14.5. The third kappa shape index (κ3) is 3.26. The van der Waals surface area contributed by atoms with Gasteiger partial charge in [0.2, 0.25) is 0 Å². The monoisotopic (exact) mass is 278 g/mol. The van der Waals surface area contributed by atoms with Gasteiger partial charge in [-0.05, 0) is 25.0 Å². The first-order chi connectivity index (χ1) is 9.59. The average molecular weight is 278 g/mol.